The molecule has 0 aromatic heterocycles. The maximum atomic E-state index is 12.0. The van der Waals surface area contributed by atoms with E-state index in [1.807, 2.05) is 11.9 Å². The molecule has 2 rings (SSSR count). The molecule has 0 aromatic rings. The van der Waals surface area contributed by atoms with Crippen LogP contribution in [0.3, 0.4) is 0 Å². The number of rotatable bonds is 4. The Morgan fingerprint density at radius 3 is 2.44 bits per heavy atom. The Kier molecular flexibility index (Phi) is 4.62. The van der Waals surface area contributed by atoms with Crippen LogP contribution in [0.2, 0.25) is 0 Å². The van der Waals surface area contributed by atoms with Crippen molar-refractivity contribution in [3.05, 3.63) is 0 Å². The van der Waals surface area contributed by atoms with Crippen LogP contribution in [-0.4, -0.2) is 61.0 Å². The van der Waals surface area contributed by atoms with E-state index >= 15 is 0 Å². The summed E-state index contributed by atoms with van der Waals surface area (Å²) < 4.78 is 0. The van der Waals surface area contributed by atoms with Gasteiger partial charge in [0.15, 0.2) is 0 Å². The van der Waals surface area contributed by atoms with Crippen molar-refractivity contribution in [2.24, 2.45) is 5.92 Å². The van der Waals surface area contributed by atoms with Gasteiger partial charge in [-0.25, -0.2) is 0 Å². The Bertz CT molecular complexity index is 287. The number of hydrogen-bond donors (Lipinski definition) is 1. The molecule has 0 bridgehead atoms. The number of likely N-dealkylation sites (tertiary alicyclic amines) is 2. The summed E-state index contributed by atoms with van der Waals surface area (Å²) in [6.07, 6.45) is 3.46. The van der Waals surface area contributed by atoms with Gasteiger partial charge in [0.2, 0.25) is 5.91 Å². The lowest BCUT2D eigenvalue weighted by atomic mass is 9.89. The summed E-state index contributed by atoms with van der Waals surface area (Å²) in [5, 5.41) is 3.52. The third-order valence-electron chi connectivity index (χ3n) is 4.65. The fourth-order valence-electron chi connectivity index (χ4n) is 3.36. The molecule has 2 heterocycles. The molecule has 2 fully saturated rings. The maximum Gasteiger partial charge on any atom is 0.239 e. The molecule has 0 aliphatic carbocycles. The average molecular weight is 253 g/mol. The Hall–Kier alpha value is -0.610. The van der Waals surface area contributed by atoms with Gasteiger partial charge in [0.05, 0.1) is 6.04 Å². The van der Waals surface area contributed by atoms with Crippen molar-refractivity contribution in [2.45, 2.75) is 45.2 Å². The van der Waals surface area contributed by atoms with Crippen molar-refractivity contribution in [3.8, 4) is 0 Å². The molecule has 4 heteroatoms. The largest absolute Gasteiger partial charge is 0.344 e. The predicted molar refractivity (Wildman–Crippen MR) is 73.5 cm³/mol. The van der Waals surface area contributed by atoms with Crippen LogP contribution in [0.15, 0.2) is 0 Å². The summed E-state index contributed by atoms with van der Waals surface area (Å²) in [6.45, 7) is 8.61. The maximum absolute atomic E-state index is 12.0. The molecule has 2 atom stereocenters. The fourth-order valence-corrected chi connectivity index (χ4v) is 3.36. The Morgan fingerprint density at radius 1 is 1.28 bits per heavy atom. The standard InChI is InChI=1S/C14H27N3O/c1-4-15-11(2)12-5-9-17(10-6-12)13-7-8-16(3)14(13)18/h11-13,15H,4-10H2,1-3H3. The number of piperidine rings is 1. The highest BCUT2D eigenvalue weighted by Gasteiger charge is 2.36. The number of hydrogen-bond acceptors (Lipinski definition) is 3. The lowest BCUT2D eigenvalue weighted by Crippen LogP contribution is -2.48. The van der Waals surface area contributed by atoms with Gasteiger partial charge in [-0.15, -0.1) is 0 Å². The molecule has 1 amide bonds. The second-order valence-electron chi connectivity index (χ2n) is 5.78. The molecule has 18 heavy (non-hydrogen) atoms. The number of carbonyl (C=O) groups is 1. The van der Waals surface area contributed by atoms with E-state index in [1.165, 1.54) is 12.8 Å². The highest BCUT2D eigenvalue weighted by atomic mass is 16.2. The lowest BCUT2D eigenvalue weighted by Gasteiger charge is -2.37. The molecular weight excluding hydrogens is 226 g/mol. The zero-order chi connectivity index (χ0) is 13.1. The van der Waals surface area contributed by atoms with Crippen LogP contribution in [0.25, 0.3) is 0 Å². The van der Waals surface area contributed by atoms with Gasteiger partial charge in [0, 0.05) is 19.6 Å². The summed E-state index contributed by atoms with van der Waals surface area (Å²) in [5.41, 5.74) is 0. The van der Waals surface area contributed by atoms with E-state index in [2.05, 4.69) is 24.1 Å². The quantitative estimate of drug-likeness (QED) is 0.809. The van der Waals surface area contributed by atoms with Crippen LogP contribution >= 0.6 is 0 Å². The summed E-state index contributed by atoms with van der Waals surface area (Å²) in [7, 11) is 1.92. The third-order valence-corrected chi connectivity index (χ3v) is 4.65. The van der Waals surface area contributed by atoms with E-state index in [4.69, 9.17) is 0 Å². The topological polar surface area (TPSA) is 35.6 Å². The highest BCUT2D eigenvalue weighted by Crippen LogP contribution is 2.25. The van der Waals surface area contributed by atoms with Crippen LogP contribution in [0.4, 0.5) is 0 Å². The molecule has 2 unspecified atom stereocenters. The van der Waals surface area contributed by atoms with E-state index in [0.29, 0.717) is 11.9 Å². The van der Waals surface area contributed by atoms with Crippen molar-refractivity contribution < 1.29 is 4.79 Å². The first-order valence-corrected chi connectivity index (χ1v) is 7.36. The Labute approximate surface area is 111 Å². The van der Waals surface area contributed by atoms with Gasteiger partial charge in [-0.3, -0.25) is 9.69 Å². The molecule has 0 saturated carbocycles. The molecule has 0 radical (unpaired) electrons. The van der Waals surface area contributed by atoms with Gasteiger partial charge in [-0.1, -0.05) is 6.92 Å². The molecular formula is C14H27N3O. The van der Waals surface area contributed by atoms with E-state index < -0.39 is 0 Å². The summed E-state index contributed by atoms with van der Waals surface area (Å²) in [6, 6.07) is 0.782. The Morgan fingerprint density at radius 2 is 1.94 bits per heavy atom. The zero-order valence-corrected chi connectivity index (χ0v) is 12.0. The van der Waals surface area contributed by atoms with Gasteiger partial charge < -0.3 is 10.2 Å². The number of amides is 1. The Balaban J connectivity index is 1.82. The second kappa shape index (κ2) is 6.02. The van der Waals surface area contributed by atoms with Crippen molar-refractivity contribution in [2.75, 3.05) is 33.2 Å². The number of likely N-dealkylation sites (N-methyl/N-ethyl adjacent to an activating group) is 1. The van der Waals surface area contributed by atoms with E-state index in [0.717, 1.165) is 38.5 Å². The molecule has 2 aliphatic rings. The summed E-state index contributed by atoms with van der Waals surface area (Å²) >= 11 is 0. The van der Waals surface area contributed by atoms with Gasteiger partial charge >= 0.3 is 0 Å². The SMILES string of the molecule is CCNC(C)C1CCN(C2CCN(C)C2=O)CC1. The van der Waals surface area contributed by atoms with Crippen molar-refractivity contribution in [3.63, 3.8) is 0 Å². The zero-order valence-electron chi connectivity index (χ0n) is 12.0. The van der Waals surface area contributed by atoms with Crippen molar-refractivity contribution in [1.29, 1.82) is 0 Å². The minimum Gasteiger partial charge on any atom is -0.344 e. The molecule has 2 aliphatic heterocycles. The van der Waals surface area contributed by atoms with Gasteiger partial charge in [0.1, 0.15) is 0 Å². The third kappa shape index (κ3) is 2.86. The summed E-state index contributed by atoms with van der Waals surface area (Å²) in [4.78, 5) is 16.3. The van der Waals surface area contributed by atoms with E-state index in [-0.39, 0.29) is 6.04 Å². The smallest absolute Gasteiger partial charge is 0.239 e. The van der Waals surface area contributed by atoms with Crippen LogP contribution < -0.4 is 5.32 Å². The minimum atomic E-state index is 0.172. The van der Waals surface area contributed by atoms with Crippen LogP contribution in [0.5, 0.6) is 0 Å². The normalized spacial score (nSPS) is 28.9. The van der Waals surface area contributed by atoms with Gasteiger partial charge in [-0.2, -0.15) is 0 Å². The number of nitrogens with one attached hydrogen (secondary N) is 1. The van der Waals surface area contributed by atoms with Crippen LogP contribution in [-0.2, 0) is 4.79 Å². The van der Waals surface area contributed by atoms with Gasteiger partial charge in [0.25, 0.3) is 0 Å². The molecule has 2 saturated heterocycles. The fraction of sp³-hybridized carbons (Fsp3) is 0.929. The number of nitrogens with zero attached hydrogens (tertiary/aromatic N) is 2. The summed E-state index contributed by atoms with van der Waals surface area (Å²) in [5.74, 6) is 1.10. The average Bonchev–Trinajstić information content (AvgIpc) is 2.71. The second-order valence-corrected chi connectivity index (χ2v) is 5.78. The monoisotopic (exact) mass is 253 g/mol. The molecule has 0 spiro atoms. The first-order valence-electron chi connectivity index (χ1n) is 7.36. The molecule has 1 N–H and O–H groups in total. The van der Waals surface area contributed by atoms with Crippen molar-refractivity contribution >= 4 is 5.91 Å². The number of carbonyl (C=O) groups excluding carboxylic acids is 1. The first kappa shape index (κ1) is 13.8. The molecule has 104 valence electrons. The van der Waals surface area contributed by atoms with Crippen LogP contribution in [0.1, 0.15) is 33.1 Å². The predicted octanol–water partition coefficient (Wildman–Crippen LogP) is 0.927. The highest BCUT2D eigenvalue weighted by molar-refractivity contribution is 5.83. The molecule has 0 aromatic carbocycles. The molecule has 4 nitrogen and oxygen atoms in total. The first-order chi connectivity index (χ1) is 8.63. The lowest BCUT2D eigenvalue weighted by molar-refractivity contribution is -0.131. The van der Waals surface area contributed by atoms with E-state index in [9.17, 15) is 4.79 Å². The van der Waals surface area contributed by atoms with Crippen molar-refractivity contribution in [1.82, 2.24) is 15.1 Å². The van der Waals surface area contributed by atoms with Gasteiger partial charge in [-0.05, 0) is 51.7 Å². The van der Waals surface area contributed by atoms with Crippen LogP contribution in [0, 0.1) is 5.92 Å². The van der Waals surface area contributed by atoms with E-state index in [1.54, 1.807) is 0 Å². The minimum absolute atomic E-state index is 0.172.